The lowest BCUT2D eigenvalue weighted by Gasteiger charge is -2.33. The molecule has 5 nitrogen and oxygen atoms in total. The molecule has 0 bridgehead atoms. The zero-order valence-electron chi connectivity index (χ0n) is 21.3. The minimum atomic E-state index is -0.308. The fraction of sp³-hybridized carbons (Fsp3) is 0.267. The zero-order chi connectivity index (χ0) is 27.1. The molecule has 0 saturated carbocycles. The van der Waals surface area contributed by atoms with Gasteiger partial charge in [-0.1, -0.05) is 53.9 Å². The van der Waals surface area contributed by atoms with Gasteiger partial charge in [-0.25, -0.2) is 0 Å². The lowest BCUT2D eigenvalue weighted by Crippen LogP contribution is -2.33. The second-order valence-corrected chi connectivity index (χ2v) is 11.7. The van der Waals surface area contributed by atoms with Crippen molar-refractivity contribution in [3.63, 3.8) is 0 Å². The quantitative estimate of drug-likeness (QED) is 0.232. The molecule has 200 valence electrons. The van der Waals surface area contributed by atoms with Crippen LogP contribution in [0.25, 0.3) is 11.3 Å². The van der Waals surface area contributed by atoms with Gasteiger partial charge in [0, 0.05) is 30.5 Å². The van der Waals surface area contributed by atoms with Crippen molar-refractivity contribution in [3.05, 3.63) is 99.4 Å². The Morgan fingerprint density at radius 1 is 0.949 bits per heavy atom. The van der Waals surface area contributed by atoms with Crippen molar-refractivity contribution in [1.82, 2.24) is 10.3 Å². The van der Waals surface area contributed by atoms with Gasteiger partial charge in [-0.3, -0.25) is 4.98 Å². The number of pyridine rings is 1. The van der Waals surface area contributed by atoms with Crippen LogP contribution >= 0.6 is 47.0 Å². The molecule has 9 heteroatoms. The summed E-state index contributed by atoms with van der Waals surface area (Å²) in [5.41, 5.74) is 3.53. The van der Waals surface area contributed by atoms with E-state index in [0.717, 1.165) is 41.6 Å². The second-order valence-electron chi connectivity index (χ2n) is 10.1. The molecule has 2 atom stereocenters. The molecular formula is C30H27Cl3N4OS. The van der Waals surface area contributed by atoms with Crippen molar-refractivity contribution in [2.24, 2.45) is 5.92 Å². The van der Waals surface area contributed by atoms with Crippen LogP contribution in [0.1, 0.15) is 43.3 Å². The molecule has 4 heterocycles. The summed E-state index contributed by atoms with van der Waals surface area (Å²) in [6, 6.07) is 20.9. The fourth-order valence-corrected chi connectivity index (χ4v) is 6.46. The molecule has 4 aromatic rings. The highest BCUT2D eigenvalue weighted by Gasteiger charge is 2.43. The lowest BCUT2D eigenvalue weighted by atomic mass is 9.98. The minimum Gasteiger partial charge on any atom is -0.459 e. The number of nitrogens with one attached hydrogen (secondary N) is 1. The average molecular weight is 598 g/mol. The summed E-state index contributed by atoms with van der Waals surface area (Å²) >= 11 is 25.6. The van der Waals surface area contributed by atoms with Crippen molar-refractivity contribution in [2.75, 3.05) is 22.9 Å². The number of anilines is 2. The molecule has 0 aliphatic carbocycles. The largest absolute Gasteiger partial charge is 0.459 e. The Hall–Kier alpha value is -2.77. The topological polar surface area (TPSA) is 44.5 Å². The Labute approximate surface area is 248 Å². The number of furan rings is 1. The van der Waals surface area contributed by atoms with E-state index in [-0.39, 0.29) is 12.1 Å². The molecule has 2 aliphatic rings. The molecule has 2 aromatic heterocycles. The first kappa shape index (κ1) is 26.5. The number of benzene rings is 2. The van der Waals surface area contributed by atoms with Gasteiger partial charge in [0.15, 0.2) is 5.11 Å². The minimum absolute atomic E-state index is 0.241. The van der Waals surface area contributed by atoms with E-state index in [2.05, 4.69) is 39.2 Å². The molecule has 0 amide bonds. The van der Waals surface area contributed by atoms with E-state index in [1.807, 2.05) is 48.5 Å². The van der Waals surface area contributed by atoms with Gasteiger partial charge in [0.05, 0.1) is 32.5 Å². The monoisotopic (exact) mass is 596 g/mol. The molecular weight excluding hydrogens is 571 g/mol. The normalized spacial score (nSPS) is 19.9. The molecule has 0 spiro atoms. The predicted molar refractivity (Wildman–Crippen MR) is 164 cm³/mol. The Bertz CT molecular complexity index is 1500. The molecule has 2 aromatic carbocycles. The summed E-state index contributed by atoms with van der Waals surface area (Å²) in [7, 11) is 0. The Morgan fingerprint density at radius 2 is 1.77 bits per heavy atom. The smallest absolute Gasteiger partial charge is 0.174 e. The zero-order valence-corrected chi connectivity index (χ0v) is 24.4. The number of thiocarbonyl (C=S) groups is 1. The third-order valence-corrected chi connectivity index (χ3v) is 9.00. The van der Waals surface area contributed by atoms with Crippen molar-refractivity contribution >= 4 is 63.5 Å². The maximum atomic E-state index is 6.89. The van der Waals surface area contributed by atoms with Gasteiger partial charge in [-0.05, 0) is 85.6 Å². The van der Waals surface area contributed by atoms with Crippen molar-refractivity contribution in [3.8, 4) is 11.3 Å². The van der Waals surface area contributed by atoms with Gasteiger partial charge in [0.2, 0.25) is 0 Å². The number of nitrogens with zero attached hydrogens (tertiary/aromatic N) is 3. The summed E-state index contributed by atoms with van der Waals surface area (Å²) in [5.74, 6) is 2.09. The third kappa shape index (κ3) is 5.11. The van der Waals surface area contributed by atoms with Gasteiger partial charge in [-0.15, -0.1) is 0 Å². The van der Waals surface area contributed by atoms with Crippen LogP contribution in [0.15, 0.2) is 77.3 Å². The van der Waals surface area contributed by atoms with Gasteiger partial charge in [0.25, 0.3) is 0 Å². The van der Waals surface area contributed by atoms with Crippen molar-refractivity contribution in [1.29, 1.82) is 0 Å². The van der Waals surface area contributed by atoms with Gasteiger partial charge in [-0.2, -0.15) is 0 Å². The summed E-state index contributed by atoms with van der Waals surface area (Å²) in [5, 5.41) is 5.68. The van der Waals surface area contributed by atoms with Crippen LogP contribution in [0.4, 0.5) is 11.4 Å². The summed E-state index contributed by atoms with van der Waals surface area (Å²) in [6.07, 6.45) is 4.12. The maximum Gasteiger partial charge on any atom is 0.174 e. The molecule has 0 unspecified atom stereocenters. The molecule has 0 radical (unpaired) electrons. The van der Waals surface area contributed by atoms with E-state index < -0.39 is 0 Å². The van der Waals surface area contributed by atoms with Crippen LogP contribution in [0.3, 0.4) is 0 Å². The number of rotatable bonds is 5. The maximum absolute atomic E-state index is 6.89. The first-order valence-corrected chi connectivity index (χ1v) is 14.5. The number of piperidine rings is 1. The molecule has 6 rings (SSSR count). The van der Waals surface area contributed by atoms with Crippen LogP contribution in [-0.4, -0.2) is 23.2 Å². The van der Waals surface area contributed by atoms with Crippen LogP contribution in [0.5, 0.6) is 0 Å². The van der Waals surface area contributed by atoms with Crippen LogP contribution < -0.4 is 15.1 Å². The number of hydrogen-bond donors (Lipinski definition) is 1. The molecule has 39 heavy (non-hydrogen) atoms. The SMILES string of the molecule is CC1CCN(c2ccc(N3C(=S)N[C@@H](c4ccccn4)[C@@H]3c3ccc(-c4cccc(Cl)c4Cl)o3)cc2Cl)CC1. The third-order valence-electron chi connectivity index (χ3n) is 7.57. The van der Waals surface area contributed by atoms with Crippen LogP contribution in [0, 0.1) is 5.92 Å². The van der Waals surface area contributed by atoms with E-state index in [0.29, 0.717) is 31.7 Å². The Balaban J connectivity index is 1.39. The number of halogens is 3. The molecule has 2 fully saturated rings. The summed E-state index contributed by atoms with van der Waals surface area (Å²) in [4.78, 5) is 9.06. The Kier molecular flexibility index (Phi) is 7.47. The van der Waals surface area contributed by atoms with E-state index in [9.17, 15) is 0 Å². The second kappa shape index (κ2) is 11.0. The Morgan fingerprint density at radius 3 is 2.51 bits per heavy atom. The van der Waals surface area contributed by atoms with E-state index in [4.69, 9.17) is 51.4 Å². The van der Waals surface area contributed by atoms with Crippen molar-refractivity contribution in [2.45, 2.75) is 31.8 Å². The fourth-order valence-electron chi connectivity index (χ4n) is 5.42. The standard InChI is InChI=1S/C30H27Cl3N4OS/c1-18-12-15-36(16-13-18)24-9-8-19(17-22(24)32)37-29(28(35-30(37)39)23-7-2-3-14-34-23)26-11-10-25(38-26)20-5-4-6-21(31)27(20)33/h2-11,14,17-18,28-29H,12-13,15-16H2,1H3,(H,35,39)/t28-,29-/m0/s1. The highest BCUT2D eigenvalue weighted by atomic mass is 35.5. The number of aromatic nitrogens is 1. The number of hydrogen-bond acceptors (Lipinski definition) is 4. The molecule has 1 N–H and O–H groups in total. The highest BCUT2D eigenvalue weighted by molar-refractivity contribution is 7.80. The van der Waals surface area contributed by atoms with Crippen molar-refractivity contribution < 1.29 is 4.42 Å². The van der Waals surface area contributed by atoms with Gasteiger partial charge >= 0.3 is 0 Å². The predicted octanol–water partition coefficient (Wildman–Crippen LogP) is 8.72. The van der Waals surface area contributed by atoms with E-state index in [1.54, 1.807) is 12.3 Å². The average Bonchev–Trinajstić information content (AvgIpc) is 3.56. The molecule has 2 aliphatic heterocycles. The highest BCUT2D eigenvalue weighted by Crippen LogP contribution is 2.45. The summed E-state index contributed by atoms with van der Waals surface area (Å²) < 4.78 is 6.45. The van der Waals surface area contributed by atoms with Gasteiger partial charge < -0.3 is 19.5 Å². The van der Waals surface area contributed by atoms with E-state index >= 15 is 0 Å². The lowest BCUT2D eigenvalue weighted by molar-refractivity contribution is 0.438. The van der Waals surface area contributed by atoms with E-state index in [1.165, 1.54) is 12.8 Å². The van der Waals surface area contributed by atoms with Crippen LogP contribution in [0.2, 0.25) is 15.1 Å². The first-order valence-electron chi connectivity index (χ1n) is 13.0. The summed E-state index contributed by atoms with van der Waals surface area (Å²) in [6.45, 7) is 4.33. The first-order chi connectivity index (χ1) is 18.9. The van der Waals surface area contributed by atoms with Gasteiger partial charge in [0.1, 0.15) is 17.6 Å². The molecule has 2 saturated heterocycles. The van der Waals surface area contributed by atoms with Crippen LogP contribution in [-0.2, 0) is 0 Å².